The Morgan fingerprint density at radius 2 is 2.17 bits per heavy atom. The van der Waals surface area contributed by atoms with Crippen LogP contribution in [0.1, 0.15) is 31.4 Å². The standard InChI is InChI=1S/C15H22N2O/c1-10(11-3-2-4-13(16)7-11)17-8-12-5-6-15(18)14(12)9-17/h2-4,7,10,12,14-15,18H,5-6,8-9,16H2,1H3. The minimum atomic E-state index is -0.0759. The molecule has 1 aromatic carbocycles. The molecule has 4 unspecified atom stereocenters. The number of nitrogens with two attached hydrogens (primary N) is 1. The van der Waals surface area contributed by atoms with Gasteiger partial charge in [-0.05, 0) is 43.4 Å². The van der Waals surface area contributed by atoms with Gasteiger partial charge in [0.05, 0.1) is 6.10 Å². The largest absolute Gasteiger partial charge is 0.399 e. The first kappa shape index (κ1) is 12.0. The van der Waals surface area contributed by atoms with Gasteiger partial charge in [0.25, 0.3) is 0 Å². The lowest BCUT2D eigenvalue weighted by Crippen LogP contribution is -2.27. The van der Waals surface area contributed by atoms with E-state index in [1.165, 1.54) is 12.0 Å². The van der Waals surface area contributed by atoms with E-state index in [1.807, 2.05) is 12.1 Å². The smallest absolute Gasteiger partial charge is 0.0583 e. The van der Waals surface area contributed by atoms with Crippen molar-refractivity contribution in [1.29, 1.82) is 0 Å². The second kappa shape index (κ2) is 4.56. The van der Waals surface area contributed by atoms with Crippen molar-refractivity contribution in [3.8, 4) is 0 Å². The number of nitrogen functional groups attached to an aromatic ring is 1. The van der Waals surface area contributed by atoms with Crippen molar-refractivity contribution in [1.82, 2.24) is 4.90 Å². The van der Waals surface area contributed by atoms with Crippen LogP contribution in [-0.2, 0) is 0 Å². The van der Waals surface area contributed by atoms with E-state index in [0.29, 0.717) is 17.9 Å². The van der Waals surface area contributed by atoms with E-state index in [1.54, 1.807) is 0 Å². The summed E-state index contributed by atoms with van der Waals surface area (Å²) in [5.41, 5.74) is 7.96. The summed E-state index contributed by atoms with van der Waals surface area (Å²) < 4.78 is 0. The summed E-state index contributed by atoms with van der Waals surface area (Å²) in [6.07, 6.45) is 2.11. The fraction of sp³-hybridized carbons (Fsp3) is 0.600. The quantitative estimate of drug-likeness (QED) is 0.785. The lowest BCUT2D eigenvalue weighted by molar-refractivity contribution is 0.119. The normalized spacial score (nSPS) is 33.6. The minimum absolute atomic E-state index is 0.0759. The molecule has 0 bridgehead atoms. The summed E-state index contributed by atoms with van der Waals surface area (Å²) in [6, 6.07) is 8.55. The Hall–Kier alpha value is -1.06. The Morgan fingerprint density at radius 1 is 1.33 bits per heavy atom. The Labute approximate surface area is 109 Å². The fourth-order valence-electron chi connectivity index (χ4n) is 3.62. The van der Waals surface area contributed by atoms with Gasteiger partial charge < -0.3 is 10.8 Å². The van der Waals surface area contributed by atoms with Crippen LogP contribution in [0.4, 0.5) is 5.69 Å². The van der Waals surface area contributed by atoms with Crippen molar-refractivity contribution in [3.63, 3.8) is 0 Å². The average Bonchev–Trinajstić information content (AvgIpc) is 2.91. The maximum Gasteiger partial charge on any atom is 0.0583 e. The number of aliphatic hydroxyl groups is 1. The highest BCUT2D eigenvalue weighted by atomic mass is 16.3. The van der Waals surface area contributed by atoms with Crippen LogP contribution in [0.3, 0.4) is 0 Å². The van der Waals surface area contributed by atoms with Gasteiger partial charge in [0.1, 0.15) is 0 Å². The van der Waals surface area contributed by atoms with Gasteiger partial charge in [0, 0.05) is 30.7 Å². The number of rotatable bonds is 2. The third-order valence-corrected chi connectivity index (χ3v) is 4.79. The first-order valence-corrected chi connectivity index (χ1v) is 6.92. The topological polar surface area (TPSA) is 49.5 Å². The van der Waals surface area contributed by atoms with Crippen molar-refractivity contribution < 1.29 is 5.11 Å². The summed E-state index contributed by atoms with van der Waals surface area (Å²) in [6.45, 7) is 4.39. The van der Waals surface area contributed by atoms with Crippen molar-refractivity contribution in [2.24, 2.45) is 11.8 Å². The molecule has 0 aromatic heterocycles. The second-order valence-electron chi connectivity index (χ2n) is 5.87. The maximum absolute atomic E-state index is 9.97. The Kier molecular flexibility index (Phi) is 3.04. The van der Waals surface area contributed by atoms with E-state index in [2.05, 4.69) is 24.0 Å². The van der Waals surface area contributed by atoms with E-state index in [-0.39, 0.29) is 6.10 Å². The number of hydrogen-bond donors (Lipinski definition) is 2. The van der Waals surface area contributed by atoms with E-state index in [0.717, 1.165) is 25.2 Å². The molecule has 0 amide bonds. The minimum Gasteiger partial charge on any atom is -0.399 e. The zero-order valence-electron chi connectivity index (χ0n) is 10.9. The number of nitrogens with zero attached hydrogens (tertiary/aromatic N) is 1. The van der Waals surface area contributed by atoms with Crippen LogP contribution in [0.15, 0.2) is 24.3 Å². The lowest BCUT2D eigenvalue weighted by Gasteiger charge is -2.26. The van der Waals surface area contributed by atoms with Gasteiger partial charge in [0.2, 0.25) is 0 Å². The molecule has 0 radical (unpaired) electrons. The van der Waals surface area contributed by atoms with Crippen molar-refractivity contribution >= 4 is 5.69 Å². The van der Waals surface area contributed by atoms with Crippen LogP contribution < -0.4 is 5.73 Å². The molecule has 1 saturated heterocycles. The highest BCUT2D eigenvalue weighted by Crippen LogP contribution is 2.41. The predicted molar refractivity (Wildman–Crippen MR) is 73.1 cm³/mol. The molecule has 1 saturated carbocycles. The van der Waals surface area contributed by atoms with Crippen LogP contribution in [0, 0.1) is 11.8 Å². The molecule has 2 fully saturated rings. The summed E-state index contributed by atoms with van der Waals surface area (Å²) in [7, 11) is 0. The van der Waals surface area contributed by atoms with Crippen LogP contribution in [0.2, 0.25) is 0 Å². The van der Waals surface area contributed by atoms with E-state index >= 15 is 0 Å². The molecule has 1 aliphatic carbocycles. The molecule has 0 spiro atoms. The van der Waals surface area contributed by atoms with Crippen LogP contribution >= 0.6 is 0 Å². The number of benzene rings is 1. The Bertz CT molecular complexity index is 434. The molecular weight excluding hydrogens is 224 g/mol. The Morgan fingerprint density at radius 3 is 2.89 bits per heavy atom. The molecule has 3 nitrogen and oxygen atoms in total. The van der Waals surface area contributed by atoms with Crippen molar-refractivity contribution in [3.05, 3.63) is 29.8 Å². The number of fused-ring (bicyclic) bond motifs is 1. The number of hydrogen-bond acceptors (Lipinski definition) is 3. The molecule has 18 heavy (non-hydrogen) atoms. The fourth-order valence-corrected chi connectivity index (χ4v) is 3.62. The van der Waals surface area contributed by atoms with Crippen LogP contribution in [0.25, 0.3) is 0 Å². The van der Waals surface area contributed by atoms with Crippen LogP contribution in [-0.4, -0.2) is 29.2 Å². The molecule has 98 valence electrons. The first-order valence-electron chi connectivity index (χ1n) is 6.92. The molecular formula is C15H22N2O. The van der Waals surface area contributed by atoms with Gasteiger partial charge in [-0.3, -0.25) is 4.90 Å². The molecule has 3 N–H and O–H groups in total. The maximum atomic E-state index is 9.97. The zero-order valence-corrected chi connectivity index (χ0v) is 10.9. The van der Waals surface area contributed by atoms with E-state index < -0.39 is 0 Å². The van der Waals surface area contributed by atoms with Crippen molar-refractivity contribution in [2.75, 3.05) is 18.8 Å². The third kappa shape index (κ3) is 2.02. The zero-order chi connectivity index (χ0) is 12.7. The molecule has 1 heterocycles. The summed E-state index contributed by atoms with van der Waals surface area (Å²) >= 11 is 0. The van der Waals surface area contributed by atoms with E-state index in [9.17, 15) is 5.11 Å². The molecule has 3 rings (SSSR count). The molecule has 4 atom stereocenters. The summed E-state index contributed by atoms with van der Waals surface area (Å²) in [5, 5.41) is 9.97. The average molecular weight is 246 g/mol. The molecule has 2 aliphatic rings. The van der Waals surface area contributed by atoms with Gasteiger partial charge >= 0.3 is 0 Å². The van der Waals surface area contributed by atoms with Crippen LogP contribution in [0.5, 0.6) is 0 Å². The predicted octanol–water partition coefficient (Wildman–Crippen LogP) is 2.03. The second-order valence-corrected chi connectivity index (χ2v) is 5.87. The van der Waals surface area contributed by atoms with Gasteiger partial charge in [-0.15, -0.1) is 0 Å². The number of aliphatic hydroxyl groups excluding tert-OH is 1. The number of anilines is 1. The summed E-state index contributed by atoms with van der Waals surface area (Å²) in [5.74, 6) is 1.19. The lowest BCUT2D eigenvalue weighted by atomic mass is 10.00. The first-order chi connectivity index (χ1) is 8.65. The molecule has 3 heteroatoms. The van der Waals surface area contributed by atoms with Gasteiger partial charge in [-0.25, -0.2) is 0 Å². The molecule has 1 aliphatic heterocycles. The third-order valence-electron chi connectivity index (χ3n) is 4.79. The van der Waals surface area contributed by atoms with Gasteiger partial charge in [-0.2, -0.15) is 0 Å². The monoisotopic (exact) mass is 246 g/mol. The van der Waals surface area contributed by atoms with Gasteiger partial charge in [0.15, 0.2) is 0 Å². The summed E-state index contributed by atoms with van der Waals surface area (Å²) in [4.78, 5) is 2.49. The highest BCUT2D eigenvalue weighted by molar-refractivity contribution is 5.41. The van der Waals surface area contributed by atoms with Gasteiger partial charge in [-0.1, -0.05) is 12.1 Å². The van der Waals surface area contributed by atoms with Crippen molar-refractivity contribution in [2.45, 2.75) is 31.9 Å². The SMILES string of the molecule is CC(c1cccc(N)c1)N1CC2CCC(O)C2C1. The highest BCUT2D eigenvalue weighted by Gasteiger charge is 2.42. The Balaban J connectivity index is 1.73. The van der Waals surface area contributed by atoms with E-state index in [4.69, 9.17) is 5.73 Å². The number of likely N-dealkylation sites (tertiary alicyclic amines) is 1. The molecule has 1 aromatic rings.